The molecule has 13 heavy (non-hydrogen) atoms. The fourth-order valence-electron chi connectivity index (χ4n) is 0.961. The van der Waals surface area contributed by atoms with Gasteiger partial charge < -0.3 is 5.11 Å². The lowest BCUT2D eigenvalue weighted by molar-refractivity contribution is 0.171. The molecule has 0 aliphatic heterocycles. The van der Waals surface area contributed by atoms with Gasteiger partial charge in [0, 0.05) is 0 Å². The summed E-state index contributed by atoms with van der Waals surface area (Å²) in [5.74, 6) is 0. The van der Waals surface area contributed by atoms with Crippen molar-refractivity contribution < 1.29 is 5.11 Å². The molecule has 0 radical (unpaired) electrons. The van der Waals surface area contributed by atoms with E-state index < -0.39 is 6.10 Å². The molecule has 5 heteroatoms. The molecule has 0 aliphatic carbocycles. The van der Waals surface area contributed by atoms with Gasteiger partial charge >= 0.3 is 0 Å². The van der Waals surface area contributed by atoms with Gasteiger partial charge in [0.05, 0.1) is 24.7 Å². The van der Waals surface area contributed by atoms with Crippen LogP contribution in [0.15, 0.2) is 15.6 Å². The Hall–Kier alpha value is -0.680. The van der Waals surface area contributed by atoms with E-state index in [9.17, 15) is 4.79 Å². The highest BCUT2D eigenvalue weighted by molar-refractivity contribution is 9.10. The van der Waals surface area contributed by atoms with E-state index in [1.165, 1.54) is 10.9 Å². The molecular formula is C8H11BrN2O2. The molecule has 0 spiro atoms. The summed E-state index contributed by atoms with van der Waals surface area (Å²) in [7, 11) is 0. The zero-order valence-electron chi connectivity index (χ0n) is 7.49. The highest BCUT2D eigenvalue weighted by Crippen LogP contribution is 2.06. The Balaban J connectivity index is 3.12. The van der Waals surface area contributed by atoms with E-state index in [1.54, 1.807) is 13.8 Å². The van der Waals surface area contributed by atoms with Crippen LogP contribution in [0.5, 0.6) is 0 Å². The van der Waals surface area contributed by atoms with E-state index in [1.807, 2.05) is 0 Å². The first-order valence-corrected chi connectivity index (χ1v) is 4.71. The fourth-order valence-corrected chi connectivity index (χ4v) is 1.29. The maximum Gasteiger partial charge on any atom is 0.267 e. The molecule has 1 heterocycles. The minimum Gasteiger partial charge on any atom is -0.392 e. The number of hydrogen-bond donors (Lipinski definition) is 1. The third-order valence-corrected chi connectivity index (χ3v) is 2.53. The molecule has 0 saturated carbocycles. The second-order valence-corrected chi connectivity index (χ2v) is 3.74. The number of aliphatic hydroxyl groups is 1. The van der Waals surface area contributed by atoms with Crippen molar-refractivity contribution in [2.24, 2.45) is 0 Å². The Morgan fingerprint density at radius 2 is 2.38 bits per heavy atom. The van der Waals surface area contributed by atoms with Crippen molar-refractivity contribution in [2.75, 3.05) is 0 Å². The van der Waals surface area contributed by atoms with Crippen molar-refractivity contribution in [2.45, 2.75) is 26.5 Å². The number of rotatable bonds is 2. The summed E-state index contributed by atoms with van der Waals surface area (Å²) < 4.78 is 1.83. The van der Waals surface area contributed by atoms with Crippen molar-refractivity contribution in [3.05, 3.63) is 26.8 Å². The average molecular weight is 247 g/mol. The summed E-state index contributed by atoms with van der Waals surface area (Å²) in [6.07, 6.45) is 0.893. The molecule has 0 amide bonds. The predicted octanol–water partition coefficient (Wildman–Crippen LogP) is 0.695. The number of aliphatic hydroxyl groups excluding tert-OH is 1. The summed E-state index contributed by atoms with van der Waals surface area (Å²) in [6, 6.07) is 0. The Kier molecular flexibility index (Phi) is 3.22. The number of aryl methyl sites for hydroxylation is 1. The lowest BCUT2D eigenvalue weighted by Crippen LogP contribution is -2.26. The number of hydrogen-bond acceptors (Lipinski definition) is 3. The number of nitrogens with zero attached hydrogens (tertiary/aromatic N) is 2. The van der Waals surface area contributed by atoms with E-state index in [2.05, 4.69) is 20.9 Å². The van der Waals surface area contributed by atoms with Crippen LogP contribution in [0.25, 0.3) is 0 Å². The van der Waals surface area contributed by atoms with Crippen LogP contribution in [0.4, 0.5) is 0 Å². The molecule has 0 fully saturated rings. The van der Waals surface area contributed by atoms with E-state index >= 15 is 0 Å². The zero-order chi connectivity index (χ0) is 10.0. The summed E-state index contributed by atoms with van der Waals surface area (Å²) in [4.78, 5) is 15.5. The van der Waals surface area contributed by atoms with Gasteiger partial charge in [0.2, 0.25) is 0 Å². The second-order valence-electron chi connectivity index (χ2n) is 2.95. The van der Waals surface area contributed by atoms with Gasteiger partial charge in [-0.05, 0) is 29.8 Å². The van der Waals surface area contributed by atoms with E-state index in [-0.39, 0.29) is 12.1 Å². The smallest absolute Gasteiger partial charge is 0.267 e. The molecule has 4 nitrogen and oxygen atoms in total. The van der Waals surface area contributed by atoms with Crippen molar-refractivity contribution in [1.29, 1.82) is 0 Å². The molecule has 1 atom stereocenters. The first kappa shape index (κ1) is 10.4. The first-order chi connectivity index (χ1) is 6.02. The van der Waals surface area contributed by atoms with E-state index in [4.69, 9.17) is 5.11 Å². The van der Waals surface area contributed by atoms with Crippen LogP contribution < -0.4 is 5.56 Å². The van der Waals surface area contributed by atoms with Crippen LogP contribution in [-0.2, 0) is 6.54 Å². The monoisotopic (exact) mass is 246 g/mol. The second kappa shape index (κ2) is 4.02. The van der Waals surface area contributed by atoms with Crippen LogP contribution >= 0.6 is 15.9 Å². The Morgan fingerprint density at radius 1 is 1.77 bits per heavy atom. The Bertz CT molecular complexity index is 360. The van der Waals surface area contributed by atoms with Crippen molar-refractivity contribution >= 4 is 15.9 Å². The molecule has 1 aromatic rings. The van der Waals surface area contributed by atoms with Gasteiger partial charge in [-0.15, -0.1) is 0 Å². The third kappa shape index (κ3) is 2.38. The van der Waals surface area contributed by atoms with Gasteiger partial charge in [-0.1, -0.05) is 0 Å². The Morgan fingerprint density at radius 3 is 2.92 bits per heavy atom. The molecule has 72 valence electrons. The summed E-state index contributed by atoms with van der Waals surface area (Å²) >= 11 is 3.14. The minimum absolute atomic E-state index is 0.159. The number of aromatic nitrogens is 2. The van der Waals surface area contributed by atoms with Crippen LogP contribution in [0.3, 0.4) is 0 Å². The van der Waals surface area contributed by atoms with Gasteiger partial charge in [0.25, 0.3) is 5.56 Å². The standard InChI is InChI=1S/C8H11BrN2O2/c1-5(12)3-11-4-10-6(2)7(9)8(11)13/h4-5,12H,3H2,1-2H3. The van der Waals surface area contributed by atoms with Crippen molar-refractivity contribution in [3.63, 3.8) is 0 Å². The molecular weight excluding hydrogens is 236 g/mol. The highest BCUT2D eigenvalue weighted by Gasteiger charge is 2.06. The van der Waals surface area contributed by atoms with Crippen molar-refractivity contribution in [1.82, 2.24) is 9.55 Å². The van der Waals surface area contributed by atoms with Gasteiger partial charge in [0.15, 0.2) is 0 Å². The van der Waals surface area contributed by atoms with Gasteiger partial charge in [-0.25, -0.2) is 4.98 Å². The predicted molar refractivity (Wildman–Crippen MR) is 52.6 cm³/mol. The van der Waals surface area contributed by atoms with Crippen LogP contribution in [-0.4, -0.2) is 20.8 Å². The molecule has 0 saturated heterocycles. The summed E-state index contributed by atoms with van der Waals surface area (Å²) in [6.45, 7) is 3.64. The average Bonchev–Trinajstić information content (AvgIpc) is 2.06. The number of halogens is 1. The van der Waals surface area contributed by atoms with E-state index in [0.717, 1.165) is 0 Å². The van der Waals surface area contributed by atoms with Crippen LogP contribution in [0.2, 0.25) is 0 Å². The zero-order valence-corrected chi connectivity index (χ0v) is 9.08. The molecule has 1 unspecified atom stereocenters. The van der Waals surface area contributed by atoms with Crippen LogP contribution in [0.1, 0.15) is 12.6 Å². The van der Waals surface area contributed by atoms with Crippen LogP contribution in [0, 0.1) is 6.92 Å². The maximum absolute atomic E-state index is 11.5. The molecule has 0 bridgehead atoms. The van der Waals surface area contributed by atoms with Gasteiger partial charge in [-0.3, -0.25) is 9.36 Å². The fraction of sp³-hybridized carbons (Fsp3) is 0.500. The quantitative estimate of drug-likeness (QED) is 0.836. The molecule has 1 rings (SSSR count). The lowest BCUT2D eigenvalue weighted by Gasteiger charge is -2.08. The highest BCUT2D eigenvalue weighted by atomic mass is 79.9. The SMILES string of the molecule is Cc1ncn(CC(C)O)c(=O)c1Br. The molecule has 1 N–H and O–H groups in total. The topological polar surface area (TPSA) is 55.1 Å². The normalized spacial score (nSPS) is 12.9. The van der Waals surface area contributed by atoms with Gasteiger partial charge in [0.1, 0.15) is 4.47 Å². The molecule has 0 aliphatic rings. The Labute approximate surface area is 84.4 Å². The first-order valence-electron chi connectivity index (χ1n) is 3.92. The van der Waals surface area contributed by atoms with E-state index in [0.29, 0.717) is 10.2 Å². The lowest BCUT2D eigenvalue weighted by atomic mass is 10.4. The molecule has 1 aromatic heterocycles. The summed E-state index contributed by atoms with van der Waals surface area (Å²) in [5.41, 5.74) is 0.500. The third-order valence-electron chi connectivity index (χ3n) is 1.62. The molecule has 0 aromatic carbocycles. The van der Waals surface area contributed by atoms with Crippen molar-refractivity contribution in [3.8, 4) is 0 Å². The van der Waals surface area contributed by atoms with Gasteiger partial charge in [-0.2, -0.15) is 0 Å². The maximum atomic E-state index is 11.5. The summed E-state index contributed by atoms with van der Waals surface area (Å²) in [5, 5.41) is 9.09. The minimum atomic E-state index is -0.547. The largest absolute Gasteiger partial charge is 0.392 e.